The number of fused-ring (bicyclic) bond motifs is 6. The fourth-order valence-corrected chi connectivity index (χ4v) is 8.99. The maximum Gasteiger partial charge on any atom is 0.164 e. The molecule has 0 spiro atoms. The maximum atomic E-state index is 5.28. The van der Waals surface area contributed by atoms with Gasteiger partial charge in [-0.2, -0.15) is 0 Å². The molecule has 12 rings (SSSR count). The van der Waals surface area contributed by atoms with Crippen LogP contribution in [0, 0.1) is 0 Å². The van der Waals surface area contributed by atoms with E-state index in [1.807, 2.05) is 18.2 Å². The van der Waals surface area contributed by atoms with Gasteiger partial charge in [0.25, 0.3) is 0 Å². The van der Waals surface area contributed by atoms with E-state index in [2.05, 4.69) is 215 Å². The molecule has 0 amide bonds. The van der Waals surface area contributed by atoms with E-state index >= 15 is 0 Å². The molecule has 3 heterocycles. The van der Waals surface area contributed by atoms with Crippen LogP contribution in [-0.4, -0.2) is 24.1 Å². The van der Waals surface area contributed by atoms with Crippen molar-refractivity contribution in [2.24, 2.45) is 0 Å². The van der Waals surface area contributed by atoms with E-state index in [1.165, 1.54) is 43.8 Å². The van der Waals surface area contributed by atoms with E-state index in [0.717, 1.165) is 50.1 Å². The molecule has 290 valence electrons. The van der Waals surface area contributed by atoms with Crippen molar-refractivity contribution in [1.29, 1.82) is 0 Å². The second kappa shape index (κ2) is 14.7. The number of rotatable bonds is 7. The summed E-state index contributed by atoms with van der Waals surface area (Å²) < 4.78 is 4.70. The van der Waals surface area contributed by atoms with Crippen LogP contribution < -0.4 is 0 Å². The lowest BCUT2D eigenvalue weighted by Crippen LogP contribution is -2.01. The number of aromatic nitrogens is 5. The Labute approximate surface area is 358 Å². The Morgan fingerprint density at radius 1 is 0.226 bits per heavy atom. The first-order valence-electron chi connectivity index (χ1n) is 20.9. The summed E-state index contributed by atoms with van der Waals surface area (Å²) >= 11 is 0. The predicted molar refractivity (Wildman–Crippen MR) is 256 cm³/mol. The molecule has 0 aliphatic heterocycles. The zero-order valence-corrected chi connectivity index (χ0v) is 33.6. The van der Waals surface area contributed by atoms with E-state index in [-0.39, 0.29) is 0 Å². The highest BCUT2D eigenvalue weighted by atomic mass is 15.0. The van der Waals surface area contributed by atoms with Crippen molar-refractivity contribution >= 4 is 43.6 Å². The molecule has 3 aromatic heterocycles. The van der Waals surface area contributed by atoms with Crippen LogP contribution in [-0.2, 0) is 0 Å². The van der Waals surface area contributed by atoms with Crippen LogP contribution in [0.15, 0.2) is 224 Å². The molecule has 0 saturated heterocycles. The Morgan fingerprint density at radius 3 is 0.952 bits per heavy atom. The van der Waals surface area contributed by atoms with Crippen molar-refractivity contribution in [2.75, 3.05) is 0 Å². The number of benzene rings is 9. The smallest absolute Gasteiger partial charge is 0.164 e. The summed E-state index contributed by atoms with van der Waals surface area (Å²) in [6, 6.07) is 79.3. The largest absolute Gasteiger partial charge is 0.309 e. The lowest BCUT2D eigenvalue weighted by Gasteiger charge is -2.12. The average molecular weight is 792 g/mol. The Kier molecular flexibility index (Phi) is 8.42. The van der Waals surface area contributed by atoms with Crippen LogP contribution in [0.2, 0.25) is 0 Å². The fraction of sp³-hybridized carbons (Fsp3) is 0. The normalized spacial score (nSPS) is 11.5. The SMILES string of the molecule is c1ccc(-c2ccc(-n3c4ccccc4c4ccc(-c5nc(-c6ccccc6)nc(-c6ccc7c8ccccc8n(-c8ccc(-c9ccccc9)cc8)c7c6)n5)cc43)cc2)cc1. The Bertz CT molecular complexity index is 3370. The van der Waals surface area contributed by atoms with Crippen molar-refractivity contribution < 1.29 is 0 Å². The molecule has 0 bridgehead atoms. The van der Waals surface area contributed by atoms with Gasteiger partial charge in [-0.05, 0) is 70.8 Å². The minimum atomic E-state index is 0.615. The van der Waals surface area contributed by atoms with E-state index in [9.17, 15) is 0 Å². The van der Waals surface area contributed by atoms with Crippen LogP contribution >= 0.6 is 0 Å². The molecule has 5 nitrogen and oxygen atoms in total. The number of hydrogen-bond acceptors (Lipinski definition) is 3. The predicted octanol–water partition coefficient (Wildman–Crippen LogP) is 14.4. The standard InChI is InChI=1S/C57H37N5/c1-4-14-38(15-5-1)40-24-30-45(31-25-40)61-51-22-12-10-20-47(51)49-34-28-43(36-53(49)61)56-58-55(42-18-8-3-9-19-42)59-57(60-56)44-29-35-50-48-21-11-13-23-52(48)62(54(50)37-44)46-32-26-41(27-33-46)39-16-6-2-7-17-39/h1-37H. The molecule has 0 saturated carbocycles. The molecular weight excluding hydrogens is 755 g/mol. The van der Waals surface area contributed by atoms with Gasteiger partial charge in [0.15, 0.2) is 17.5 Å². The lowest BCUT2D eigenvalue weighted by molar-refractivity contribution is 1.07. The van der Waals surface area contributed by atoms with Gasteiger partial charge in [0.2, 0.25) is 0 Å². The topological polar surface area (TPSA) is 48.5 Å². The van der Waals surface area contributed by atoms with Gasteiger partial charge in [-0.25, -0.2) is 15.0 Å². The third-order valence-electron chi connectivity index (χ3n) is 12.0. The van der Waals surface area contributed by atoms with Crippen molar-refractivity contribution in [2.45, 2.75) is 0 Å². The molecule has 5 heteroatoms. The molecular formula is C57H37N5. The summed E-state index contributed by atoms with van der Waals surface area (Å²) in [5, 5.41) is 4.73. The molecule has 0 aliphatic rings. The first kappa shape index (κ1) is 35.5. The number of nitrogens with zero attached hydrogens (tertiary/aromatic N) is 5. The third-order valence-corrected chi connectivity index (χ3v) is 12.0. The molecule has 9 aromatic carbocycles. The van der Waals surface area contributed by atoms with Crippen LogP contribution in [0.4, 0.5) is 0 Å². The summed E-state index contributed by atoms with van der Waals surface area (Å²) in [6.45, 7) is 0. The fourth-order valence-electron chi connectivity index (χ4n) is 8.99. The zero-order chi connectivity index (χ0) is 41.0. The Morgan fingerprint density at radius 2 is 0.532 bits per heavy atom. The second-order valence-electron chi connectivity index (χ2n) is 15.7. The molecule has 12 aromatic rings. The summed E-state index contributed by atoms with van der Waals surface area (Å²) in [4.78, 5) is 15.6. The van der Waals surface area contributed by atoms with Gasteiger partial charge in [-0.3, -0.25) is 0 Å². The van der Waals surface area contributed by atoms with Crippen molar-refractivity contribution in [3.05, 3.63) is 224 Å². The van der Waals surface area contributed by atoms with E-state index in [0.29, 0.717) is 17.5 Å². The monoisotopic (exact) mass is 791 g/mol. The highest BCUT2D eigenvalue weighted by Gasteiger charge is 2.19. The Balaban J connectivity index is 1.02. The minimum absolute atomic E-state index is 0.615. The molecule has 0 atom stereocenters. The van der Waals surface area contributed by atoms with Gasteiger partial charge in [0.05, 0.1) is 22.1 Å². The molecule has 0 aliphatic carbocycles. The minimum Gasteiger partial charge on any atom is -0.309 e. The first-order valence-corrected chi connectivity index (χ1v) is 20.9. The summed E-state index contributed by atoms with van der Waals surface area (Å²) in [5.41, 5.74) is 14.2. The van der Waals surface area contributed by atoms with Gasteiger partial charge < -0.3 is 9.13 Å². The molecule has 0 radical (unpaired) electrons. The van der Waals surface area contributed by atoms with Gasteiger partial charge in [-0.1, -0.05) is 176 Å². The van der Waals surface area contributed by atoms with Crippen LogP contribution in [0.3, 0.4) is 0 Å². The molecule has 62 heavy (non-hydrogen) atoms. The maximum absolute atomic E-state index is 5.28. The van der Waals surface area contributed by atoms with Crippen molar-refractivity contribution in [1.82, 2.24) is 24.1 Å². The lowest BCUT2D eigenvalue weighted by atomic mass is 10.1. The van der Waals surface area contributed by atoms with Crippen LogP contribution in [0.25, 0.3) is 111 Å². The summed E-state index contributed by atoms with van der Waals surface area (Å²) in [7, 11) is 0. The van der Waals surface area contributed by atoms with Gasteiger partial charge >= 0.3 is 0 Å². The van der Waals surface area contributed by atoms with Crippen molar-refractivity contribution in [3.63, 3.8) is 0 Å². The van der Waals surface area contributed by atoms with Gasteiger partial charge in [0.1, 0.15) is 0 Å². The molecule has 0 unspecified atom stereocenters. The quantitative estimate of drug-likeness (QED) is 0.162. The molecule has 0 N–H and O–H groups in total. The first-order chi connectivity index (χ1) is 30.7. The van der Waals surface area contributed by atoms with Gasteiger partial charge in [0, 0.05) is 49.6 Å². The summed E-state index contributed by atoms with van der Waals surface area (Å²) in [5.74, 6) is 1.85. The zero-order valence-electron chi connectivity index (χ0n) is 33.6. The number of hydrogen-bond donors (Lipinski definition) is 0. The van der Waals surface area contributed by atoms with E-state index in [4.69, 9.17) is 15.0 Å². The van der Waals surface area contributed by atoms with Crippen LogP contribution in [0.1, 0.15) is 0 Å². The highest BCUT2D eigenvalue weighted by Crippen LogP contribution is 2.38. The van der Waals surface area contributed by atoms with E-state index < -0.39 is 0 Å². The van der Waals surface area contributed by atoms with Crippen molar-refractivity contribution in [3.8, 4) is 67.8 Å². The average Bonchev–Trinajstić information content (AvgIpc) is 3.87. The second-order valence-corrected chi connectivity index (χ2v) is 15.7. The number of para-hydroxylation sites is 2. The van der Waals surface area contributed by atoms with Crippen LogP contribution in [0.5, 0.6) is 0 Å². The third kappa shape index (κ3) is 6.06. The summed E-state index contributed by atoms with van der Waals surface area (Å²) in [6.07, 6.45) is 0. The van der Waals surface area contributed by atoms with E-state index in [1.54, 1.807) is 0 Å². The highest BCUT2D eigenvalue weighted by molar-refractivity contribution is 6.11. The molecule has 0 fully saturated rings. The van der Waals surface area contributed by atoms with Gasteiger partial charge in [-0.15, -0.1) is 0 Å². The Hall–Kier alpha value is -8.41.